The normalized spacial score (nSPS) is 20.4. The van der Waals surface area contributed by atoms with Crippen molar-refractivity contribution in [2.24, 2.45) is 11.8 Å². The minimum atomic E-state index is 0.0472. The smallest absolute Gasteiger partial charge is 0.241 e. The number of nitrogens with zero attached hydrogens (tertiary/aromatic N) is 1. The number of amides is 1. The number of nitrogens with one attached hydrogen (secondary N) is 1. The summed E-state index contributed by atoms with van der Waals surface area (Å²) in [7, 11) is 0. The fourth-order valence-corrected chi connectivity index (χ4v) is 2.49. The van der Waals surface area contributed by atoms with E-state index in [1.165, 1.54) is 25.7 Å². The fraction of sp³-hybridized carbons (Fsp3) is 0.933. The summed E-state index contributed by atoms with van der Waals surface area (Å²) in [5.74, 6) is 1.52. The molecule has 0 aliphatic carbocycles. The van der Waals surface area contributed by atoms with Crippen molar-refractivity contribution in [3.05, 3.63) is 0 Å². The molecule has 106 valence electrons. The second-order valence-electron chi connectivity index (χ2n) is 6.28. The van der Waals surface area contributed by atoms with Crippen molar-refractivity contribution in [1.82, 2.24) is 10.2 Å². The summed E-state index contributed by atoms with van der Waals surface area (Å²) in [6.45, 7) is 10.4. The third kappa shape index (κ3) is 4.97. The fourth-order valence-electron chi connectivity index (χ4n) is 2.49. The van der Waals surface area contributed by atoms with E-state index in [0.29, 0.717) is 11.8 Å². The molecule has 0 radical (unpaired) electrons. The van der Waals surface area contributed by atoms with Gasteiger partial charge in [-0.05, 0) is 18.3 Å². The Bertz CT molecular complexity index is 251. The van der Waals surface area contributed by atoms with Gasteiger partial charge in [0.25, 0.3) is 0 Å². The largest absolute Gasteiger partial charge is 0.329 e. The highest BCUT2D eigenvalue weighted by atomic mass is 16.2. The number of hydrogen-bond acceptors (Lipinski definition) is 2. The Hall–Kier alpha value is -0.570. The van der Waals surface area contributed by atoms with Gasteiger partial charge in [0.1, 0.15) is 0 Å². The molecule has 1 aliphatic heterocycles. The first-order chi connectivity index (χ1) is 8.52. The van der Waals surface area contributed by atoms with Gasteiger partial charge in [-0.25, -0.2) is 0 Å². The van der Waals surface area contributed by atoms with Gasteiger partial charge in [0, 0.05) is 6.54 Å². The van der Waals surface area contributed by atoms with Crippen LogP contribution in [0.15, 0.2) is 0 Å². The third-order valence-electron chi connectivity index (χ3n) is 3.71. The van der Waals surface area contributed by atoms with E-state index in [1.54, 1.807) is 0 Å². The van der Waals surface area contributed by atoms with Crippen molar-refractivity contribution >= 4 is 5.91 Å². The minimum absolute atomic E-state index is 0.0472. The Morgan fingerprint density at radius 2 is 1.83 bits per heavy atom. The van der Waals surface area contributed by atoms with Crippen LogP contribution in [0.5, 0.6) is 0 Å². The van der Waals surface area contributed by atoms with E-state index in [0.717, 1.165) is 25.6 Å². The summed E-state index contributed by atoms with van der Waals surface area (Å²) in [5, 5.41) is 3.30. The molecule has 0 aromatic rings. The molecule has 0 bridgehead atoms. The van der Waals surface area contributed by atoms with Crippen LogP contribution in [0.3, 0.4) is 0 Å². The van der Waals surface area contributed by atoms with Crippen LogP contribution in [0, 0.1) is 11.8 Å². The molecule has 1 N–H and O–H groups in total. The zero-order valence-electron chi connectivity index (χ0n) is 12.5. The summed E-state index contributed by atoms with van der Waals surface area (Å²) in [6.07, 6.45) is 6.37. The molecule has 1 fully saturated rings. The summed E-state index contributed by atoms with van der Waals surface area (Å²) in [6, 6.07) is 0.0472. The molecule has 0 aromatic heterocycles. The molecule has 1 aliphatic rings. The van der Waals surface area contributed by atoms with Crippen LogP contribution in [0.2, 0.25) is 0 Å². The number of unbranched alkanes of at least 4 members (excludes halogenated alkanes) is 3. The molecule has 1 saturated heterocycles. The van der Waals surface area contributed by atoms with Gasteiger partial charge in [0.2, 0.25) is 5.91 Å². The number of carbonyl (C=O) groups is 1. The first-order valence-electron chi connectivity index (χ1n) is 7.54. The van der Waals surface area contributed by atoms with E-state index in [4.69, 9.17) is 0 Å². The van der Waals surface area contributed by atoms with Gasteiger partial charge in [-0.15, -0.1) is 0 Å². The molecule has 0 spiro atoms. The number of carbonyl (C=O) groups excluding carboxylic acids is 1. The maximum absolute atomic E-state index is 12.0. The molecule has 0 saturated carbocycles. The van der Waals surface area contributed by atoms with E-state index in [1.807, 2.05) is 4.90 Å². The Morgan fingerprint density at radius 1 is 1.17 bits per heavy atom. The first-order valence-corrected chi connectivity index (χ1v) is 7.54. The molecule has 18 heavy (non-hydrogen) atoms. The predicted molar refractivity (Wildman–Crippen MR) is 76.3 cm³/mol. The molecule has 0 aromatic carbocycles. The maximum Gasteiger partial charge on any atom is 0.241 e. The van der Waals surface area contributed by atoms with Crippen LogP contribution >= 0.6 is 0 Å². The lowest BCUT2D eigenvalue weighted by Gasteiger charge is -2.16. The molecule has 3 heteroatoms. The summed E-state index contributed by atoms with van der Waals surface area (Å²) in [4.78, 5) is 14.0. The van der Waals surface area contributed by atoms with E-state index < -0.39 is 0 Å². The summed E-state index contributed by atoms with van der Waals surface area (Å²) >= 11 is 0. The second-order valence-corrected chi connectivity index (χ2v) is 6.28. The lowest BCUT2D eigenvalue weighted by molar-refractivity contribution is -0.129. The van der Waals surface area contributed by atoms with Gasteiger partial charge in [-0.1, -0.05) is 53.4 Å². The Balaban J connectivity index is 2.08. The highest BCUT2D eigenvalue weighted by Crippen LogP contribution is 2.14. The standard InChI is InChI=1S/C15H30N2O/c1-12(2)9-7-5-6-8-10-17-11-16-14(13(3)4)15(17)18/h12-14,16H,5-11H2,1-4H3. The molecule has 3 nitrogen and oxygen atoms in total. The van der Waals surface area contributed by atoms with Gasteiger partial charge in [0.15, 0.2) is 0 Å². The Labute approximate surface area is 112 Å². The molecular formula is C15H30N2O. The van der Waals surface area contributed by atoms with Gasteiger partial charge in [-0.3, -0.25) is 10.1 Å². The molecule has 1 amide bonds. The first kappa shape index (κ1) is 15.5. The topological polar surface area (TPSA) is 32.3 Å². The van der Waals surface area contributed by atoms with Crippen molar-refractivity contribution in [2.75, 3.05) is 13.2 Å². The highest BCUT2D eigenvalue weighted by Gasteiger charge is 2.32. The van der Waals surface area contributed by atoms with E-state index in [2.05, 4.69) is 33.0 Å². The quantitative estimate of drug-likeness (QED) is 0.675. The van der Waals surface area contributed by atoms with Crippen molar-refractivity contribution < 1.29 is 4.79 Å². The molecule has 1 rings (SSSR count). The van der Waals surface area contributed by atoms with Crippen molar-refractivity contribution in [3.63, 3.8) is 0 Å². The van der Waals surface area contributed by atoms with E-state index in [-0.39, 0.29) is 6.04 Å². The highest BCUT2D eigenvalue weighted by molar-refractivity contribution is 5.83. The van der Waals surface area contributed by atoms with E-state index >= 15 is 0 Å². The average molecular weight is 254 g/mol. The Kier molecular flexibility index (Phi) is 6.69. The average Bonchev–Trinajstić information content (AvgIpc) is 2.65. The zero-order valence-corrected chi connectivity index (χ0v) is 12.5. The third-order valence-corrected chi connectivity index (χ3v) is 3.71. The van der Waals surface area contributed by atoms with Gasteiger partial charge in [-0.2, -0.15) is 0 Å². The molecular weight excluding hydrogens is 224 g/mol. The SMILES string of the molecule is CC(C)CCCCCCN1CNC(C(C)C)C1=O. The van der Waals surface area contributed by atoms with Crippen LogP contribution < -0.4 is 5.32 Å². The lowest BCUT2D eigenvalue weighted by Crippen LogP contribution is -2.34. The Morgan fingerprint density at radius 3 is 2.39 bits per heavy atom. The van der Waals surface area contributed by atoms with Gasteiger partial charge in [0.05, 0.1) is 12.7 Å². The van der Waals surface area contributed by atoms with Crippen molar-refractivity contribution in [1.29, 1.82) is 0 Å². The monoisotopic (exact) mass is 254 g/mol. The van der Waals surface area contributed by atoms with Crippen LogP contribution in [0.4, 0.5) is 0 Å². The van der Waals surface area contributed by atoms with Crippen LogP contribution in [-0.2, 0) is 4.79 Å². The second kappa shape index (κ2) is 7.78. The van der Waals surface area contributed by atoms with Crippen LogP contribution in [0.1, 0.15) is 59.8 Å². The summed E-state index contributed by atoms with van der Waals surface area (Å²) in [5.41, 5.74) is 0. The molecule has 1 atom stereocenters. The van der Waals surface area contributed by atoms with Gasteiger partial charge < -0.3 is 4.90 Å². The number of rotatable bonds is 8. The lowest BCUT2D eigenvalue weighted by atomic mass is 10.0. The van der Waals surface area contributed by atoms with Crippen LogP contribution in [0.25, 0.3) is 0 Å². The maximum atomic E-state index is 12.0. The van der Waals surface area contributed by atoms with Crippen molar-refractivity contribution in [3.8, 4) is 0 Å². The molecule has 1 heterocycles. The van der Waals surface area contributed by atoms with E-state index in [9.17, 15) is 4.79 Å². The predicted octanol–water partition coefficient (Wildman–Crippen LogP) is 3.01. The summed E-state index contributed by atoms with van der Waals surface area (Å²) < 4.78 is 0. The zero-order chi connectivity index (χ0) is 13.5. The molecule has 1 unspecified atom stereocenters. The van der Waals surface area contributed by atoms with Crippen LogP contribution in [-0.4, -0.2) is 30.1 Å². The minimum Gasteiger partial charge on any atom is -0.329 e. The van der Waals surface area contributed by atoms with Gasteiger partial charge >= 0.3 is 0 Å². The van der Waals surface area contributed by atoms with Crippen molar-refractivity contribution in [2.45, 2.75) is 65.8 Å². The number of hydrogen-bond donors (Lipinski definition) is 1.